The molecule has 0 spiro atoms. The standard InChI is InChI=1S/C29H40ClN5O3/c1-28(2,3)38-27(36)35-19-12-29(37,13-20-35)22-9-7-21(8-10-22)25-31-24(30)23-11-18-34(26(23)32-25)17-6-16-33-14-4-5-15-33/h7-10,37H,4-6,11-20H2,1-3H3. The van der Waals surface area contributed by atoms with E-state index in [4.69, 9.17) is 21.3 Å². The highest BCUT2D eigenvalue weighted by molar-refractivity contribution is 6.30. The molecule has 0 bridgehead atoms. The van der Waals surface area contributed by atoms with Crippen LogP contribution < -0.4 is 4.90 Å². The van der Waals surface area contributed by atoms with Gasteiger partial charge in [0.25, 0.3) is 0 Å². The van der Waals surface area contributed by atoms with E-state index >= 15 is 0 Å². The quantitative estimate of drug-likeness (QED) is 0.523. The summed E-state index contributed by atoms with van der Waals surface area (Å²) in [6.45, 7) is 12.0. The number of aromatic nitrogens is 2. The van der Waals surface area contributed by atoms with Crippen molar-refractivity contribution in [3.8, 4) is 11.4 Å². The van der Waals surface area contributed by atoms with Crippen LogP contribution in [0.15, 0.2) is 24.3 Å². The first-order chi connectivity index (χ1) is 18.1. The normalized spacial score (nSPS) is 19.6. The minimum atomic E-state index is -0.986. The third-order valence-corrected chi connectivity index (χ3v) is 8.20. The number of amides is 1. The predicted molar refractivity (Wildman–Crippen MR) is 150 cm³/mol. The molecule has 38 heavy (non-hydrogen) atoms. The first kappa shape index (κ1) is 27.2. The van der Waals surface area contributed by atoms with E-state index in [1.807, 2.05) is 45.0 Å². The molecule has 4 heterocycles. The van der Waals surface area contributed by atoms with Crippen LogP contribution in [0.3, 0.4) is 0 Å². The number of rotatable bonds is 6. The number of likely N-dealkylation sites (tertiary alicyclic amines) is 2. The van der Waals surface area contributed by atoms with Gasteiger partial charge < -0.3 is 24.5 Å². The fourth-order valence-corrected chi connectivity index (χ4v) is 5.98. The van der Waals surface area contributed by atoms with E-state index in [1.165, 1.54) is 25.9 Å². The number of benzene rings is 1. The van der Waals surface area contributed by atoms with Crippen LogP contribution in [0, 0.1) is 0 Å². The van der Waals surface area contributed by atoms with Crippen molar-refractivity contribution >= 4 is 23.5 Å². The molecule has 8 nitrogen and oxygen atoms in total. The van der Waals surface area contributed by atoms with Crippen molar-refractivity contribution in [2.24, 2.45) is 0 Å². The van der Waals surface area contributed by atoms with Gasteiger partial charge in [-0.2, -0.15) is 0 Å². The molecule has 2 aromatic rings. The second-order valence-electron chi connectivity index (χ2n) is 11.9. The Hall–Kier alpha value is -2.42. The molecule has 5 rings (SSSR count). The summed E-state index contributed by atoms with van der Waals surface area (Å²) in [7, 11) is 0. The highest BCUT2D eigenvalue weighted by atomic mass is 35.5. The summed E-state index contributed by atoms with van der Waals surface area (Å²) in [6, 6.07) is 7.80. The number of aliphatic hydroxyl groups is 1. The van der Waals surface area contributed by atoms with Gasteiger partial charge >= 0.3 is 6.09 Å². The SMILES string of the molecule is CC(C)(C)OC(=O)N1CCC(O)(c2ccc(-c3nc(Cl)c4c(n3)N(CCCN3CCCC3)CC4)cc2)CC1. The van der Waals surface area contributed by atoms with E-state index in [0.29, 0.717) is 36.9 Å². The van der Waals surface area contributed by atoms with Crippen molar-refractivity contribution < 1.29 is 14.6 Å². The van der Waals surface area contributed by atoms with Gasteiger partial charge in [-0.15, -0.1) is 0 Å². The molecule has 1 N–H and O–H groups in total. The Labute approximate surface area is 230 Å². The van der Waals surface area contributed by atoms with Crippen LogP contribution in [0.25, 0.3) is 11.4 Å². The lowest BCUT2D eigenvalue weighted by molar-refractivity contribution is -0.0356. The van der Waals surface area contributed by atoms with Gasteiger partial charge in [-0.25, -0.2) is 14.8 Å². The van der Waals surface area contributed by atoms with Gasteiger partial charge in [-0.1, -0.05) is 35.9 Å². The number of hydrogen-bond donors (Lipinski definition) is 1. The van der Waals surface area contributed by atoms with E-state index < -0.39 is 11.2 Å². The third-order valence-electron chi connectivity index (χ3n) is 7.89. The van der Waals surface area contributed by atoms with E-state index in [-0.39, 0.29) is 6.09 Å². The van der Waals surface area contributed by atoms with Gasteiger partial charge in [0.2, 0.25) is 0 Å². The maximum atomic E-state index is 12.4. The molecule has 3 aliphatic heterocycles. The minimum absolute atomic E-state index is 0.328. The highest BCUT2D eigenvalue weighted by Gasteiger charge is 2.37. The number of halogens is 1. The first-order valence-electron chi connectivity index (χ1n) is 14.0. The van der Waals surface area contributed by atoms with Crippen LogP contribution in [0.2, 0.25) is 5.15 Å². The monoisotopic (exact) mass is 541 g/mol. The summed E-state index contributed by atoms with van der Waals surface area (Å²) in [4.78, 5) is 28.5. The third kappa shape index (κ3) is 6.08. The molecule has 1 amide bonds. The molecule has 1 aromatic carbocycles. The summed E-state index contributed by atoms with van der Waals surface area (Å²) in [5, 5.41) is 11.9. The van der Waals surface area contributed by atoms with E-state index in [2.05, 4.69) is 14.8 Å². The maximum absolute atomic E-state index is 12.4. The molecule has 0 unspecified atom stereocenters. The molecule has 2 saturated heterocycles. The average molecular weight is 542 g/mol. The van der Waals surface area contributed by atoms with E-state index in [0.717, 1.165) is 55.0 Å². The predicted octanol–water partition coefficient (Wildman–Crippen LogP) is 4.86. The Balaban J connectivity index is 1.24. The fourth-order valence-electron chi connectivity index (χ4n) is 5.72. The molecular formula is C29H40ClN5O3. The molecule has 3 aliphatic rings. The van der Waals surface area contributed by atoms with Gasteiger partial charge in [-0.3, -0.25) is 0 Å². The van der Waals surface area contributed by atoms with Crippen LogP contribution in [-0.2, 0) is 16.8 Å². The second-order valence-corrected chi connectivity index (χ2v) is 12.2. The van der Waals surface area contributed by atoms with Gasteiger partial charge in [0.1, 0.15) is 16.6 Å². The molecule has 0 aliphatic carbocycles. The van der Waals surface area contributed by atoms with Gasteiger partial charge in [0.15, 0.2) is 5.82 Å². The Morgan fingerprint density at radius 2 is 1.71 bits per heavy atom. The zero-order chi connectivity index (χ0) is 26.9. The van der Waals surface area contributed by atoms with Crippen molar-refractivity contribution in [2.75, 3.05) is 50.7 Å². The largest absolute Gasteiger partial charge is 0.444 e. The average Bonchev–Trinajstić information content (AvgIpc) is 3.54. The molecule has 9 heteroatoms. The van der Waals surface area contributed by atoms with Crippen LogP contribution in [0.5, 0.6) is 0 Å². The molecule has 0 saturated carbocycles. The van der Waals surface area contributed by atoms with E-state index in [1.54, 1.807) is 4.90 Å². The Kier molecular flexibility index (Phi) is 7.85. The summed E-state index contributed by atoms with van der Waals surface area (Å²) < 4.78 is 5.48. The first-order valence-corrected chi connectivity index (χ1v) is 14.3. The van der Waals surface area contributed by atoms with Crippen LogP contribution in [0.4, 0.5) is 10.6 Å². The number of nitrogens with zero attached hydrogens (tertiary/aromatic N) is 5. The number of carbonyl (C=O) groups excluding carboxylic acids is 1. The lowest BCUT2D eigenvalue weighted by Gasteiger charge is -2.39. The van der Waals surface area contributed by atoms with Crippen molar-refractivity contribution in [1.29, 1.82) is 0 Å². The number of ether oxygens (including phenoxy) is 1. The number of fused-ring (bicyclic) bond motifs is 1. The number of anilines is 1. The molecule has 0 atom stereocenters. The summed E-state index contributed by atoms with van der Waals surface area (Å²) >= 11 is 6.61. The Morgan fingerprint density at radius 3 is 2.37 bits per heavy atom. The molecule has 206 valence electrons. The van der Waals surface area contributed by atoms with Crippen LogP contribution in [-0.4, -0.2) is 82.4 Å². The number of hydrogen-bond acceptors (Lipinski definition) is 7. The van der Waals surface area contributed by atoms with Crippen molar-refractivity contribution in [3.05, 3.63) is 40.5 Å². The topological polar surface area (TPSA) is 82.0 Å². The lowest BCUT2D eigenvalue weighted by atomic mass is 9.84. The summed E-state index contributed by atoms with van der Waals surface area (Å²) in [5.41, 5.74) is 1.23. The maximum Gasteiger partial charge on any atom is 0.410 e. The summed E-state index contributed by atoms with van der Waals surface area (Å²) in [6.07, 6.45) is 5.22. The second kappa shape index (κ2) is 11.0. The van der Waals surface area contributed by atoms with Gasteiger partial charge in [0.05, 0.1) is 5.60 Å². The van der Waals surface area contributed by atoms with Gasteiger partial charge in [-0.05, 0) is 84.5 Å². The smallest absolute Gasteiger partial charge is 0.410 e. The molecule has 0 radical (unpaired) electrons. The zero-order valence-electron chi connectivity index (χ0n) is 22.9. The molecule has 1 aromatic heterocycles. The highest BCUT2D eigenvalue weighted by Crippen LogP contribution is 2.36. The Bertz CT molecular complexity index is 1140. The van der Waals surface area contributed by atoms with Crippen molar-refractivity contribution in [3.63, 3.8) is 0 Å². The number of carbonyl (C=O) groups is 1. The molecule has 2 fully saturated rings. The van der Waals surface area contributed by atoms with Crippen LogP contribution in [0.1, 0.15) is 64.0 Å². The van der Waals surface area contributed by atoms with E-state index in [9.17, 15) is 9.90 Å². The summed E-state index contributed by atoms with van der Waals surface area (Å²) in [5.74, 6) is 1.57. The van der Waals surface area contributed by atoms with Gasteiger partial charge in [0, 0.05) is 37.3 Å². The lowest BCUT2D eigenvalue weighted by Crippen LogP contribution is -2.46. The Morgan fingerprint density at radius 1 is 1.03 bits per heavy atom. The van der Waals surface area contributed by atoms with Crippen molar-refractivity contribution in [2.45, 2.75) is 70.5 Å². The van der Waals surface area contributed by atoms with Crippen molar-refractivity contribution in [1.82, 2.24) is 19.8 Å². The van der Waals surface area contributed by atoms with Crippen LogP contribution >= 0.6 is 11.6 Å². The number of piperidine rings is 1. The molecular weight excluding hydrogens is 502 g/mol. The zero-order valence-corrected chi connectivity index (χ0v) is 23.6. The minimum Gasteiger partial charge on any atom is -0.444 e. The fraction of sp³-hybridized carbons (Fsp3) is 0.621.